The molecule has 0 fully saturated rings. The maximum Gasteiger partial charge on any atom is 0.338 e. The Morgan fingerprint density at radius 3 is 1.84 bits per heavy atom. The van der Waals surface area contributed by atoms with Gasteiger partial charge in [-0.2, -0.15) is 0 Å². The number of carbonyl (C=O) groups is 4. The van der Waals surface area contributed by atoms with E-state index in [9.17, 15) is 19.2 Å². The van der Waals surface area contributed by atoms with Crippen LogP contribution < -0.4 is 11.1 Å². The average molecular weight is 416 g/mol. The first-order valence-corrected chi connectivity index (χ1v) is 9.46. The smallest absolute Gasteiger partial charge is 0.338 e. The first-order chi connectivity index (χ1) is 14.8. The van der Waals surface area contributed by atoms with Gasteiger partial charge in [0.1, 0.15) is 0 Å². The summed E-state index contributed by atoms with van der Waals surface area (Å²) in [5.41, 5.74) is 7.12. The maximum absolute atomic E-state index is 12.4. The highest BCUT2D eigenvalue weighted by Crippen LogP contribution is 2.14. The molecule has 2 amide bonds. The van der Waals surface area contributed by atoms with Crippen LogP contribution in [0, 0.1) is 0 Å². The second-order valence-corrected chi connectivity index (χ2v) is 6.75. The third-order valence-corrected chi connectivity index (χ3v) is 4.51. The summed E-state index contributed by atoms with van der Waals surface area (Å²) >= 11 is 0. The zero-order valence-electron chi connectivity index (χ0n) is 16.7. The van der Waals surface area contributed by atoms with Gasteiger partial charge >= 0.3 is 5.97 Å². The molecular formula is C24H20N2O5. The highest BCUT2D eigenvalue weighted by atomic mass is 16.5. The van der Waals surface area contributed by atoms with Crippen molar-refractivity contribution >= 4 is 29.3 Å². The minimum absolute atomic E-state index is 0.157. The second kappa shape index (κ2) is 9.49. The second-order valence-electron chi connectivity index (χ2n) is 6.75. The van der Waals surface area contributed by atoms with Crippen molar-refractivity contribution < 1.29 is 23.9 Å². The Balaban J connectivity index is 1.59. The molecule has 0 heterocycles. The first-order valence-electron chi connectivity index (χ1n) is 9.46. The number of ketones is 1. The lowest BCUT2D eigenvalue weighted by molar-refractivity contribution is -0.123. The van der Waals surface area contributed by atoms with Crippen molar-refractivity contribution in [1.29, 1.82) is 0 Å². The van der Waals surface area contributed by atoms with Crippen molar-refractivity contribution in [3.05, 3.63) is 101 Å². The number of anilines is 1. The Kier molecular flexibility index (Phi) is 6.57. The van der Waals surface area contributed by atoms with Crippen LogP contribution in [0.2, 0.25) is 0 Å². The molecule has 0 aliphatic rings. The topological polar surface area (TPSA) is 116 Å². The van der Waals surface area contributed by atoms with Gasteiger partial charge in [0.25, 0.3) is 5.91 Å². The van der Waals surface area contributed by atoms with E-state index >= 15 is 0 Å². The molecular weight excluding hydrogens is 396 g/mol. The van der Waals surface area contributed by atoms with Crippen LogP contribution >= 0.6 is 0 Å². The van der Waals surface area contributed by atoms with Gasteiger partial charge in [0.2, 0.25) is 5.91 Å². The molecule has 3 aromatic rings. The molecule has 0 aromatic heterocycles. The van der Waals surface area contributed by atoms with E-state index in [1.54, 1.807) is 24.3 Å². The number of rotatable bonds is 7. The molecule has 156 valence electrons. The number of primary amides is 1. The molecule has 7 heteroatoms. The zero-order valence-corrected chi connectivity index (χ0v) is 16.7. The summed E-state index contributed by atoms with van der Waals surface area (Å²) in [6, 6.07) is 20.8. The normalized spacial score (nSPS) is 11.3. The lowest BCUT2D eigenvalue weighted by atomic mass is 10.0. The van der Waals surface area contributed by atoms with Crippen LogP contribution in [0.15, 0.2) is 78.9 Å². The summed E-state index contributed by atoms with van der Waals surface area (Å²) in [4.78, 5) is 48.1. The molecule has 0 saturated heterocycles. The summed E-state index contributed by atoms with van der Waals surface area (Å²) in [5.74, 6) is -1.95. The summed E-state index contributed by atoms with van der Waals surface area (Å²) in [5, 5.41) is 2.59. The van der Waals surface area contributed by atoms with E-state index in [1.165, 1.54) is 55.5 Å². The lowest BCUT2D eigenvalue weighted by Gasteiger charge is -2.14. The monoisotopic (exact) mass is 416 g/mol. The standard InChI is InChI=1S/C24H20N2O5/c1-15(23(29)26-20-13-11-18(12-14-20)22(25)28)31-24(30)19-9-7-17(8-10-19)21(27)16-5-3-2-4-6-16/h2-15H,1H3,(H2,25,28)(H,26,29)/t15-/m1/s1. The molecule has 31 heavy (non-hydrogen) atoms. The predicted octanol–water partition coefficient (Wildman–Crippen LogP) is 3.20. The van der Waals surface area contributed by atoms with Crippen molar-refractivity contribution in [1.82, 2.24) is 0 Å². The van der Waals surface area contributed by atoms with Crippen LogP contribution in [-0.4, -0.2) is 29.7 Å². The number of hydrogen-bond donors (Lipinski definition) is 2. The molecule has 7 nitrogen and oxygen atoms in total. The summed E-state index contributed by atoms with van der Waals surface area (Å²) < 4.78 is 5.21. The molecule has 0 aliphatic heterocycles. The zero-order chi connectivity index (χ0) is 22.4. The van der Waals surface area contributed by atoms with Crippen molar-refractivity contribution in [3.63, 3.8) is 0 Å². The Labute approximate surface area is 178 Å². The van der Waals surface area contributed by atoms with Crippen LogP contribution in [0.4, 0.5) is 5.69 Å². The summed E-state index contributed by atoms with van der Waals surface area (Å²) in [6.45, 7) is 1.44. The average Bonchev–Trinajstić information content (AvgIpc) is 2.79. The molecule has 0 spiro atoms. The number of amides is 2. The van der Waals surface area contributed by atoms with Gasteiger partial charge in [-0.1, -0.05) is 42.5 Å². The van der Waals surface area contributed by atoms with Crippen LogP contribution in [0.3, 0.4) is 0 Å². The van der Waals surface area contributed by atoms with Crippen LogP contribution in [0.25, 0.3) is 0 Å². The quantitative estimate of drug-likeness (QED) is 0.453. The molecule has 3 aromatic carbocycles. The molecule has 3 rings (SSSR count). The van der Waals surface area contributed by atoms with Gasteiger partial charge in [-0.05, 0) is 43.3 Å². The van der Waals surface area contributed by atoms with Gasteiger partial charge in [0, 0.05) is 22.4 Å². The van der Waals surface area contributed by atoms with Crippen LogP contribution in [0.5, 0.6) is 0 Å². The number of nitrogens with one attached hydrogen (secondary N) is 1. The van der Waals surface area contributed by atoms with Crippen LogP contribution in [-0.2, 0) is 9.53 Å². The van der Waals surface area contributed by atoms with E-state index in [0.29, 0.717) is 22.4 Å². The number of carbonyl (C=O) groups excluding carboxylic acids is 4. The minimum atomic E-state index is -1.06. The molecule has 0 unspecified atom stereocenters. The number of nitrogens with two attached hydrogens (primary N) is 1. The minimum Gasteiger partial charge on any atom is -0.449 e. The van der Waals surface area contributed by atoms with Gasteiger partial charge in [-0.3, -0.25) is 14.4 Å². The Morgan fingerprint density at radius 2 is 1.26 bits per heavy atom. The molecule has 0 radical (unpaired) electrons. The first kappa shape index (κ1) is 21.4. The highest BCUT2D eigenvalue weighted by molar-refractivity contribution is 6.09. The summed E-state index contributed by atoms with van der Waals surface area (Å²) in [6.07, 6.45) is -1.06. The predicted molar refractivity (Wildman–Crippen MR) is 115 cm³/mol. The largest absolute Gasteiger partial charge is 0.449 e. The third-order valence-electron chi connectivity index (χ3n) is 4.51. The van der Waals surface area contributed by atoms with Crippen molar-refractivity contribution in [3.8, 4) is 0 Å². The SMILES string of the molecule is C[C@@H](OC(=O)c1ccc(C(=O)c2ccccc2)cc1)C(=O)Nc1ccc(C(N)=O)cc1. The van der Waals surface area contributed by atoms with Gasteiger partial charge in [0.15, 0.2) is 11.9 Å². The number of esters is 1. The third kappa shape index (κ3) is 5.42. The molecule has 0 saturated carbocycles. The van der Waals surface area contributed by atoms with Gasteiger partial charge in [0.05, 0.1) is 5.56 Å². The molecule has 0 bridgehead atoms. The fraction of sp³-hybridized carbons (Fsp3) is 0.0833. The van der Waals surface area contributed by atoms with E-state index in [2.05, 4.69) is 5.32 Å². The fourth-order valence-corrected chi connectivity index (χ4v) is 2.76. The van der Waals surface area contributed by atoms with Crippen molar-refractivity contribution in [2.75, 3.05) is 5.32 Å². The van der Waals surface area contributed by atoms with Gasteiger partial charge in [-0.25, -0.2) is 4.79 Å². The number of hydrogen-bond acceptors (Lipinski definition) is 5. The molecule has 1 atom stereocenters. The number of benzene rings is 3. The van der Waals surface area contributed by atoms with Gasteiger partial charge in [-0.15, -0.1) is 0 Å². The molecule has 3 N–H and O–H groups in total. The van der Waals surface area contributed by atoms with Crippen molar-refractivity contribution in [2.45, 2.75) is 13.0 Å². The van der Waals surface area contributed by atoms with Crippen molar-refractivity contribution in [2.24, 2.45) is 5.73 Å². The highest BCUT2D eigenvalue weighted by Gasteiger charge is 2.19. The molecule has 0 aliphatic carbocycles. The van der Waals surface area contributed by atoms with E-state index in [-0.39, 0.29) is 11.3 Å². The van der Waals surface area contributed by atoms with E-state index in [1.807, 2.05) is 6.07 Å². The Hall–Kier alpha value is -4.26. The summed E-state index contributed by atoms with van der Waals surface area (Å²) in [7, 11) is 0. The fourth-order valence-electron chi connectivity index (χ4n) is 2.76. The number of ether oxygens (including phenoxy) is 1. The van der Waals surface area contributed by atoms with Gasteiger partial charge < -0.3 is 15.8 Å². The van der Waals surface area contributed by atoms with Crippen LogP contribution in [0.1, 0.15) is 43.6 Å². The Bertz CT molecular complexity index is 1110. The van der Waals surface area contributed by atoms with E-state index in [4.69, 9.17) is 10.5 Å². The maximum atomic E-state index is 12.4. The lowest BCUT2D eigenvalue weighted by Crippen LogP contribution is -2.30. The Morgan fingerprint density at radius 1 is 0.742 bits per heavy atom. The van der Waals surface area contributed by atoms with E-state index < -0.39 is 23.9 Å². The van der Waals surface area contributed by atoms with E-state index in [0.717, 1.165) is 0 Å².